The molecule has 80 valence electrons. The number of nitrogens with zero attached hydrogens (tertiary/aromatic N) is 1. The minimum absolute atomic E-state index is 0.102. The Morgan fingerprint density at radius 1 is 1.54 bits per heavy atom. The van der Waals surface area contributed by atoms with Crippen LogP contribution in [0.5, 0.6) is 0 Å². The van der Waals surface area contributed by atoms with Crippen molar-refractivity contribution in [1.29, 1.82) is 0 Å². The van der Waals surface area contributed by atoms with Crippen LogP contribution < -0.4 is 0 Å². The molecule has 0 radical (unpaired) electrons. The van der Waals surface area contributed by atoms with E-state index in [0.29, 0.717) is 0 Å². The maximum atomic E-state index is 11.3. The predicted molar refractivity (Wildman–Crippen MR) is 55.4 cm³/mol. The molecule has 1 N–H and O–H groups in total. The standard InChI is InChI=1S/C5H14NO4PS2/c1-4-10-11(7,12)6(3)13(8,9)5-2/h4-5H2,1-3H3,(H,7,12). The maximum Gasteiger partial charge on any atom is 0.274 e. The van der Waals surface area contributed by atoms with Crippen molar-refractivity contribution in [2.75, 3.05) is 19.4 Å². The van der Waals surface area contributed by atoms with Gasteiger partial charge in [-0.15, -0.1) is 4.08 Å². The minimum atomic E-state index is -3.47. The van der Waals surface area contributed by atoms with Crippen LogP contribution >= 0.6 is 6.64 Å². The summed E-state index contributed by atoms with van der Waals surface area (Å²) >= 11 is 4.67. The second kappa shape index (κ2) is 4.82. The Labute approximate surface area is 84.0 Å². The molecule has 0 heterocycles. The Morgan fingerprint density at radius 3 is 2.31 bits per heavy atom. The van der Waals surface area contributed by atoms with Gasteiger partial charge in [-0.3, -0.25) is 0 Å². The summed E-state index contributed by atoms with van der Waals surface area (Å²) in [7, 11) is -2.24. The molecule has 0 aliphatic heterocycles. The highest BCUT2D eigenvalue weighted by atomic mass is 32.5. The molecule has 1 atom stereocenters. The number of hydrogen-bond acceptors (Lipinski definition) is 4. The van der Waals surface area contributed by atoms with Crippen molar-refractivity contribution in [3.8, 4) is 0 Å². The first-order chi connectivity index (χ1) is 5.78. The molecule has 0 aliphatic carbocycles. The average molecular weight is 247 g/mol. The fraction of sp³-hybridized carbons (Fsp3) is 1.00. The van der Waals surface area contributed by atoms with Gasteiger partial charge >= 0.3 is 0 Å². The van der Waals surface area contributed by atoms with Crippen molar-refractivity contribution >= 4 is 28.5 Å². The molecule has 0 bridgehead atoms. The average Bonchev–Trinajstić information content (AvgIpc) is 2.03. The van der Waals surface area contributed by atoms with Gasteiger partial charge in [-0.2, -0.15) is 0 Å². The van der Waals surface area contributed by atoms with Gasteiger partial charge in [0.05, 0.1) is 12.4 Å². The SMILES string of the molecule is CCOP(O)(=S)N(C)S(=O)(=O)CC. The fourth-order valence-electron chi connectivity index (χ4n) is 0.594. The number of hydrogen-bond donors (Lipinski definition) is 1. The van der Waals surface area contributed by atoms with Crippen molar-refractivity contribution in [2.24, 2.45) is 0 Å². The highest BCUT2D eigenvalue weighted by Gasteiger charge is 2.29. The van der Waals surface area contributed by atoms with E-state index in [1.54, 1.807) is 6.92 Å². The van der Waals surface area contributed by atoms with Crippen LogP contribution in [0.2, 0.25) is 0 Å². The molecule has 0 fully saturated rings. The lowest BCUT2D eigenvalue weighted by Gasteiger charge is -2.24. The van der Waals surface area contributed by atoms with E-state index < -0.39 is 16.7 Å². The van der Waals surface area contributed by atoms with E-state index in [9.17, 15) is 13.3 Å². The lowest BCUT2D eigenvalue weighted by molar-refractivity contribution is 0.303. The topological polar surface area (TPSA) is 66.8 Å². The molecule has 13 heavy (non-hydrogen) atoms. The third-order valence-electron chi connectivity index (χ3n) is 1.42. The lowest BCUT2D eigenvalue weighted by atomic mass is 10.9. The summed E-state index contributed by atoms with van der Waals surface area (Å²) in [5.74, 6) is -0.102. The molecule has 0 spiro atoms. The molecular formula is C5H14NO4PS2. The Hall–Kier alpha value is 0.480. The zero-order chi connectivity index (χ0) is 10.7. The summed E-state index contributed by atoms with van der Waals surface area (Å²) in [6.07, 6.45) is 0. The van der Waals surface area contributed by atoms with E-state index >= 15 is 0 Å². The molecule has 0 saturated carbocycles. The van der Waals surface area contributed by atoms with Gasteiger partial charge in [0.1, 0.15) is 0 Å². The number of rotatable bonds is 5. The van der Waals surface area contributed by atoms with Gasteiger partial charge < -0.3 is 9.42 Å². The molecule has 1 unspecified atom stereocenters. The van der Waals surface area contributed by atoms with Gasteiger partial charge in [-0.25, -0.2) is 8.42 Å². The summed E-state index contributed by atoms with van der Waals surface area (Å²) in [4.78, 5) is 9.50. The molecular weight excluding hydrogens is 233 g/mol. The Balaban J connectivity index is 4.79. The minimum Gasteiger partial charge on any atom is -0.333 e. The lowest BCUT2D eigenvalue weighted by Crippen LogP contribution is -2.26. The highest BCUT2D eigenvalue weighted by Crippen LogP contribution is 2.47. The molecule has 0 amide bonds. The van der Waals surface area contributed by atoms with Gasteiger partial charge in [0.2, 0.25) is 10.0 Å². The summed E-state index contributed by atoms with van der Waals surface area (Å²) in [6, 6.07) is 0. The molecule has 0 aliphatic rings. The van der Waals surface area contributed by atoms with Crippen LogP contribution in [0, 0.1) is 0 Å². The molecule has 0 saturated heterocycles. The second-order valence-electron chi connectivity index (χ2n) is 2.24. The molecule has 8 heteroatoms. The molecule has 0 aromatic rings. The van der Waals surface area contributed by atoms with Crippen molar-refractivity contribution in [2.45, 2.75) is 13.8 Å². The smallest absolute Gasteiger partial charge is 0.274 e. The van der Waals surface area contributed by atoms with E-state index in [-0.39, 0.29) is 12.4 Å². The van der Waals surface area contributed by atoms with Crippen LogP contribution in [-0.4, -0.2) is 36.8 Å². The van der Waals surface area contributed by atoms with Crippen LogP contribution in [0.4, 0.5) is 0 Å². The quantitative estimate of drug-likeness (QED) is 0.717. The predicted octanol–water partition coefficient (Wildman–Crippen LogP) is 0.521. The third-order valence-corrected chi connectivity index (χ3v) is 7.03. The maximum absolute atomic E-state index is 11.3. The van der Waals surface area contributed by atoms with Crippen LogP contribution in [-0.2, 0) is 26.4 Å². The molecule has 5 nitrogen and oxygen atoms in total. The first kappa shape index (κ1) is 13.5. The van der Waals surface area contributed by atoms with E-state index in [4.69, 9.17) is 4.52 Å². The second-order valence-corrected chi connectivity index (χ2v) is 8.07. The van der Waals surface area contributed by atoms with E-state index in [0.717, 1.165) is 4.08 Å². The van der Waals surface area contributed by atoms with E-state index in [1.807, 2.05) is 0 Å². The normalized spacial score (nSPS) is 17.3. The van der Waals surface area contributed by atoms with Crippen molar-refractivity contribution in [1.82, 2.24) is 4.08 Å². The van der Waals surface area contributed by atoms with Crippen LogP contribution in [0.3, 0.4) is 0 Å². The largest absolute Gasteiger partial charge is 0.333 e. The Bertz CT molecular complexity index is 302. The molecule has 0 aromatic carbocycles. The van der Waals surface area contributed by atoms with Gasteiger partial charge in [0, 0.05) is 7.05 Å². The van der Waals surface area contributed by atoms with Gasteiger partial charge in [-0.05, 0) is 25.7 Å². The summed E-state index contributed by atoms with van der Waals surface area (Å²) in [6.45, 7) is -0.0293. The van der Waals surface area contributed by atoms with Crippen LogP contribution in [0.15, 0.2) is 0 Å². The first-order valence-electron chi connectivity index (χ1n) is 3.72. The fourth-order valence-corrected chi connectivity index (χ4v) is 4.44. The zero-order valence-electron chi connectivity index (χ0n) is 7.80. The third kappa shape index (κ3) is 3.61. The molecule has 0 rings (SSSR count). The zero-order valence-corrected chi connectivity index (χ0v) is 10.3. The summed E-state index contributed by atoms with van der Waals surface area (Å²) in [5.41, 5.74) is 0. The summed E-state index contributed by atoms with van der Waals surface area (Å²) in [5, 5.41) is 0. The van der Waals surface area contributed by atoms with Gasteiger partial charge in [0.15, 0.2) is 0 Å². The first-order valence-corrected chi connectivity index (χ1v) is 7.95. The highest BCUT2D eigenvalue weighted by molar-refractivity contribution is 8.13. The Kier molecular flexibility index (Phi) is 4.99. The van der Waals surface area contributed by atoms with Crippen molar-refractivity contribution in [3.63, 3.8) is 0 Å². The van der Waals surface area contributed by atoms with E-state index in [1.165, 1.54) is 14.0 Å². The summed E-state index contributed by atoms with van der Waals surface area (Å²) < 4.78 is 28.1. The number of sulfonamides is 1. The van der Waals surface area contributed by atoms with Crippen LogP contribution in [0.25, 0.3) is 0 Å². The van der Waals surface area contributed by atoms with Crippen molar-refractivity contribution < 1.29 is 17.8 Å². The molecule has 0 aromatic heterocycles. The van der Waals surface area contributed by atoms with E-state index in [2.05, 4.69) is 11.8 Å². The Morgan fingerprint density at radius 2 is 2.00 bits per heavy atom. The van der Waals surface area contributed by atoms with Crippen LogP contribution in [0.1, 0.15) is 13.8 Å². The monoisotopic (exact) mass is 247 g/mol. The van der Waals surface area contributed by atoms with Crippen molar-refractivity contribution in [3.05, 3.63) is 0 Å². The van der Waals surface area contributed by atoms with Gasteiger partial charge in [-0.1, -0.05) is 0 Å². The van der Waals surface area contributed by atoms with Gasteiger partial charge in [0.25, 0.3) is 6.64 Å².